The van der Waals surface area contributed by atoms with Crippen molar-refractivity contribution in [2.45, 2.75) is 90.5 Å². The fourth-order valence-electron chi connectivity index (χ4n) is 2.87. The van der Waals surface area contributed by atoms with Crippen molar-refractivity contribution in [3.8, 4) is 0 Å². The van der Waals surface area contributed by atoms with Gasteiger partial charge >= 0.3 is 5.97 Å². The van der Waals surface area contributed by atoms with Gasteiger partial charge in [0.15, 0.2) is 14.1 Å². The molecule has 0 aliphatic rings. The molecule has 0 rings (SSSR count). The quantitative estimate of drug-likeness (QED) is 0.169. The Bertz CT molecular complexity index is 563. The van der Waals surface area contributed by atoms with E-state index in [2.05, 4.69) is 53.2 Å². The number of carbonyl (C=O) groups is 2. The molecule has 0 N–H and O–H groups in total. The summed E-state index contributed by atoms with van der Waals surface area (Å²) in [4.78, 5) is 23.2. The highest BCUT2D eigenvalue weighted by Gasteiger charge is 2.43. The highest BCUT2D eigenvalue weighted by Crippen LogP contribution is 2.33. The van der Waals surface area contributed by atoms with Crippen LogP contribution in [0.1, 0.15) is 47.0 Å². The minimum absolute atomic E-state index is 0.151. The van der Waals surface area contributed by atoms with Gasteiger partial charge in [0.1, 0.15) is 0 Å². The molecule has 0 bridgehead atoms. The van der Waals surface area contributed by atoms with Crippen molar-refractivity contribution in [1.82, 2.24) is 0 Å². The van der Waals surface area contributed by atoms with E-state index in [1.807, 2.05) is 0 Å². The van der Waals surface area contributed by atoms with Gasteiger partial charge in [0.2, 0.25) is 0 Å². The van der Waals surface area contributed by atoms with Crippen LogP contribution < -0.4 is 0 Å². The van der Waals surface area contributed by atoms with Crippen LogP contribution in [-0.2, 0) is 18.8 Å². The van der Waals surface area contributed by atoms with Gasteiger partial charge in [-0.15, -0.1) is 0 Å². The maximum Gasteiger partial charge on any atom is 0.333 e. The van der Waals surface area contributed by atoms with Gasteiger partial charge in [-0.25, -0.2) is 4.79 Å². The molecule has 27 heavy (non-hydrogen) atoms. The van der Waals surface area contributed by atoms with Crippen LogP contribution in [0, 0.1) is 0 Å². The molecule has 0 aromatic carbocycles. The predicted molar refractivity (Wildman–Crippen MR) is 119 cm³/mol. The molecule has 0 unspecified atom stereocenters. The van der Waals surface area contributed by atoms with Crippen LogP contribution >= 0.6 is 0 Å². The van der Waals surface area contributed by atoms with Gasteiger partial charge in [0.05, 0.1) is 14.7 Å². The molecule has 0 saturated heterocycles. The summed E-state index contributed by atoms with van der Waals surface area (Å²) in [7, 11) is -3.58. The van der Waals surface area contributed by atoms with Crippen molar-refractivity contribution in [3.63, 3.8) is 0 Å². The zero-order valence-corrected chi connectivity index (χ0v) is 20.8. The Morgan fingerprint density at radius 1 is 0.926 bits per heavy atom. The average molecular weight is 413 g/mol. The van der Waals surface area contributed by atoms with Crippen molar-refractivity contribution in [1.29, 1.82) is 0 Å². The van der Waals surface area contributed by atoms with E-state index in [0.29, 0.717) is 24.2 Å². The number of carbonyl (C=O) groups excluding carboxylic acids is 2. The third-order valence-electron chi connectivity index (χ3n) is 5.35. The highest BCUT2D eigenvalue weighted by molar-refractivity contribution is 6.81. The molecule has 0 spiro atoms. The zero-order valence-electron chi connectivity index (χ0n) is 18.8. The standard InChI is InChI=1S/C21H40O4Si2/c1-17(2)19(22)13-11-16-27(9,10)25-21(5,6)26(7,8)15-12-14-24-20(23)18(3)4/h1,3,11-16H2,2,4-10H3. The minimum atomic E-state index is -1.87. The second-order valence-electron chi connectivity index (χ2n) is 9.33. The second kappa shape index (κ2) is 10.5. The maximum atomic E-state index is 11.8. The summed E-state index contributed by atoms with van der Waals surface area (Å²) in [5.41, 5.74) is 1.07. The Kier molecular flexibility index (Phi) is 10.1. The van der Waals surface area contributed by atoms with Crippen LogP contribution in [0.3, 0.4) is 0 Å². The van der Waals surface area contributed by atoms with Gasteiger partial charge in [-0.3, -0.25) is 4.79 Å². The van der Waals surface area contributed by atoms with E-state index < -0.39 is 16.4 Å². The fraction of sp³-hybridized carbons (Fsp3) is 0.714. The molecule has 0 aliphatic heterocycles. The van der Waals surface area contributed by atoms with Gasteiger partial charge in [0.25, 0.3) is 0 Å². The molecule has 0 amide bonds. The number of ketones is 1. The lowest BCUT2D eigenvalue weighted by atomic mass is 10.1. The number of allylic oxidation sites excluding steroid dienone is 1. The Morgan fingerprint density at radius 2 is 1.48 bits per heavy atom. The predicted octanol–water partition coefficient (Wildman–Crippen LogP) is 5.67. The summed E-state index contributed by atoms with van der Waals surface area (Å²) >= 11 is 0. The fourth-order valence-corrected chi connectivity index (χ4v) is 8.95. The van der Waals surface area contributed by atoms with E-state index in [4.69, 9.17) is 9.16 Å². The number of hydrogen-bond donors (Lipinski definition) is 0. The van der Waals surface area contributed by atoms with Crippen molar-refractivity contribution in [2.75, 3.05) is 6.61 Å². The first-order valence-corrected chi connectivity index (χ1v) is 16.1. The van der Waals surface area contributed by atoms with Crippen LogP contribution in [0.15, 0.2) is 24.3 Å². The van der Waals surface area contributed by atoms with E-state index >= 15 is 0 Å². The Balaban J connectivity index is 4.61. The molecule has 0 aliphatic carbocycles. The van der Waals surface area contributed by atoms with Gasteiger partial charge in [0, 0.05) is 17.2 Å². The molecule has 0 saturated carbocycles. The summed E-state index contributed by atoms with van der Waals surface area (Å²) in [5, 5.41) is -0.167. The molecule has 4 nitrogen and oxygen atoms in total. The first kappa shape index (κ1) is 26.0. The number of ether oxygens (including phenoxy) is 1. The molecule has 0 atom stereocenters. The lowest BCUT2D eigenvalue weighted by Crippen LogP contribution is -2.56. The molecule has 0 aromatic heterocycles. The minimum Gasteiger partial charge on any atom is -0.462 e. The van der Waals surface area contributed by atoms with E-state index in [-0.39, 0.29) is 17.0 Å². The molecule has 156 valence electrons. The first-order valence-electron chi connectivity index (χ1n) is 9.83. The largest absolute Gasteiger partial charge is 0.462 e. The summed E-state index contributed by atoms with van der Waals surface area (Å²) in [5.74, 6) is -0.166. The van der Waals surface area contributed by atoms with Gasteiger partial charge in [-0.1, -0.05) is 32.3 Å². The number of rotatable bonds is 13. The second-order valence-corrected chi connectivity index (χ2v) is 19.0. The van der Waals surface area contributed by atoms with Crippen LogP contribution in [-0.4, -0.2) is 40.0 Å². The van der Waals surface area contributed by atoms with Gasteiger partial charge in [-0.05, 0) is 65.2 Å². The number of hydrogen-bond acceptors (Lipinski definition) is 4. The molecule has 0 radical (unpaired) electrons. The number of Topliss-reactive ketones (excluding diaryl/α,β-unsaturated/α-hetero) is 1. The van der Waals surface area contributed by atoms with E-state index in [9.17, 15) is 9.59 Å². The Morgan fingerprint density at radius 3 is 1.96 bits per heavy atom. The van der Waals surface area contributed by atoms with Crippen molar-refractivity contribution < 1.29 is 18.8 Å². The van der Waals surface area contributed by atoms with E-state index in [1.54, 1.807) is 13.8 Å². The maximum absolute atomic E-state index is 11.8. The number of esters is 1. The summed E-state index contributed by atoms with van der Waals surface area (Å²) in [6.45, 7) is 24.7. The van der Waals surface area contributed by atoms with Crippen LogP contribution in [0.25, 0.3) is 0 Å². The zero-order chi connectivity index (χ0) is 21.5. The average Bonchev–Trinajstić information content (AvgIpc) is 2.49. The van der Waals surface area contributed by atoms with Crippen molar-refractivity contribution >= 4 is 28.1 Å². The van der Waals surface area contributed by atoms with Crippen LogP contribution in [0.4, 0.5) is 0 Å². The smallest absolute Gasteiger partial charge is 0.333 e. The molecule has 0 heterocycles. The van der Waals surface area contributed by atoms with Crippen molar-refractivity contribution in [2.24, 2.45) is 0 Å². The third-order valence-corrected chi connectivity index (χ3v) is 13.1. The van der Waals surface area contributed by atoms with Crippen LogP contribution in [0.5, 0.6) is 0 Å². The summed E-state index contributed by atoms with van der Waals surface area (Å²) in [6, 6.07) is 2.00. The van der Waals surface area contributed by atoms with Crippen LogP contribution in [0.2, 0.25) is 38.3 Å². The first-order chi connectivity index (χ1) is 12.1. The highest BCUT2D eigenvalue weighted by atomic mass is 28.4. The molecule has 0 aromatic rings. The molecular formula is C21H40O4Si2. The monoisotopic (exact) mass is 412 g/mol. The Labute approximate surface area is 168 Å². The third kappa shape index (κ3) is 9.67. The summed E-state index contributed by atoms with van der Waals surface area (Å²) in [6.07, 6.45) is 2.27. The lowest BCUT2D eigenvalue weighted by molar-refractivity contribution is -0.138. The Hall–Kier alpha value is -0.986. The van der Waals surface area contributed by atoms with Crippen molar-refractivity contribution in [3.05, 3.63) is 24.3 Å². The van der Waals surface area contributed by atoms with E-state index in [0.717, 1.165) is 24.9 Å². The normalized spacial score (nSPS) is 12.6. The molecular weight excluding hydrogens is 372 g/mol. The topological polar surface area (TPSA) is 52.6 Å². The SMILES string of the molecule is C=C(C)C(=O)CCC[Si](C)(C)OC(C)(C)[Si](C)(C)CCCOC(=O)C(=C)C. The molecule has 0 fully saturated rings. The lowest BCUT2D eigenvalue weighted by Gasteiger charge is -2.45. The van der Waals surface area contributed by atoms with Gasteiger partial charge in [-0.2, -0.15) is 0 Å². The van der Waals surface area contributed by atoms with E-state index in [1.165, 1.54) is 0 Å². The molecule has 6 heteroatoms. The summed E-state index contributed by atoms with van der Waals surface area (Å²) < 4.78 is 11.9. The van der Waals surface area contributed by atoms with Gasteiger partial charge < -0.3 is 9.16 Å².